The van der Waals surface area contributed by atoms with Crippen molar-refractivity contribution < 1.29 is 4.74 Å². The molecule has 4 rings (SSSR count). The minimum Gasteiger partial charge on any atom is -0.497 e. The number of hydrogen-bond acceptors (Lipinski definition) is 2. The molecule has 5 heteroatoms. The molecule has 4 aromatic rings. The van der Waals surface area contributed by atoms with Crippen molar-refractivity contribution in [2.75, 3.05) is 7.11 Å². The van der Waals surface area contributed by atoms with Crippen LogP contribution in [0.4, 0.5) is 0 Å². The van der Waals surface area contributed by atoms with Crippen molar-refractivity contribution in [1.29, 1.82) is 0 Å². The van der Waals surface area contributed by atoms with Crippen LogP contribution in [0.5, 0.6) is 5.75 Å². The summed E-state index contributed by atoms with van der Waals surface area (Å²) in [6.07, 6.45) is 1.93. The molecule has 2 aromatic carbocycles. The monoisotopic (exact) mass is 342 g/mol. The molecule has 2 aromatic heterocycles. The first-order chi connectivity index (χ1) is 11.2. The fourth-order valence-corrected chi connectivity index (χ4v) is 3.17. The summed E-state index contributed by atoms with van der Waals surface area (Å²) < 4.78 is 5.31. The van der Waals surface area contributed by atoms with Gasteiger partial charge in [-0.15, -0.1) is 0 Å². The summed E-state index contributed by atoms with van der Waals surface area (Å²) in [6.45, 7) is 0. The van der Waals surface area contributed by atoms with E-state index in [9.17, 15) is 0 Å². The molecule has 3 nitrogen and oxygen atoms in total. The van der Waals surface area contributed by atoms with Crippen molar-refractivity contribution in [2.24, 2.45) is 0 Å². The van der Waals surface area contributed by atoms with E-state index in [0.29, 0.717) is 10.0 Å². The van der Waals surface area contributed by atoms with Crippen molar-refractivity contribution in [2.45, 2.75) is 0 Å². The molecule has 0 bridgehead atoms. The Morgan fingerprint density at radius 2 is 1.87 bits per heavy atom. The molecule has 23 heavy (non-hydrogen) atoms. The highest BCUT2D eigenvalue weighted by atomic mass is 35.5. The summed E-state index contributed by atoms with van der Waals surface area (Å²) in [5.74, 6) is 0.799. The number of nitrogens with one attached hydrogen (secondary N) is 1. The Morgan fingerprint density at radius 3 is 2.70 bits per heavy atom. The molecule has 0 fully saturated rings. The zero-order chi connectivity index (χ0) is 16.0. The molecular formula is C18H12Cl2N2O. The first-order valence-electron chi connectivity index (χ1n) is 7.07. The van der Waals surface area contributed by atoms with Crippen molar-refractivity contribution in [3.63, 3.8) is 0 Å². The van der Waals surface area contributed by atoms with Gasteiger partial charge in [-0.1, -0.05) is 23.2 Å². The molecule has 0 saturated carbocycles. The van der Waals surface area contributed by atoms with Crippen LogP contribution >= 0.6 is 23.2 Å². The van der Waals surface area contributed by atoms with Crippen LogP contribution in [0.15, 0.2) is 48.7 Å². The number of methoxy groups -OCH3 is 1. The number of halogens is 2. The number of ether oxygens (including phenoxy) is 1. The first-order valence-corrected chi connectivity index (χ1v) is 7.82. The van der Waals surface area contributed by atoms with Gasteiger partial charge in [0.25, 0.3) is 0 Å². The van der Waals surface area contributed by atoms with Crippen LogP contribution in [-0.4, -0.2) is 17.1 Å². The summed E-state index contributed by atoms with van der Waals surface area (Å²) in [5, 5.41) is 3.21. The third-order valence-electron chi connectivity index (χ3n) is 3.89. The van der Waals surface area contributed by atoms with E-state index in [-0.39, 0.29) is 0 Å². The van der Waals surface area contributed by atoms with Gasteiger partial charge in [0.2, 0.25) is 0 Å². The lowest BCUT2D eigenvalue weighted by molar-refractivity contribution is 0.415. The Labute approximate surface area is 142 Å². The van der Waals surface area contributed by atoms with E-state index in [1.165, 1.54) is 0 Å². The highest BCUT2D eigenvalue weighted by Crippen LogP contribution is 2.34. The average molecular weight is 343 g/mol. The Balaban J connectivity index is 1.98. The second-order valence-corrected chi connectivity index (χ2v) is 6.11. The molecule has 2 heterocycles. The van der Waals surface area contributed by atoms with E-state index in [1.807, 2.05) is 48.7 Å². The lowest BCUT2D eigenvalue weighted by atomic mass is 10.1. The summed E-state index contributed by atoms with van der Waals surface area (Å²) in [7, 11) is 1.65. The maximum absolute atomic E-state index is 6.42. The quantitative estimate of drug-likeness (QED) is 0.507. The number of rotatable bonds is 2. The Hall–Kier alpha value is -2.23. The van der Waals surface area contributed by atoms with Crippen molar-refractivity contribution in [3.8, 4) is 17.0 Å². The largest absolute Gasteiger partial charge is 0.497 e. The standard InChI is InChI=1S/C18H12Cl2N2O/c1-23-11-3-5-16-13(7-11)14(9-21-16)18-8-15(20)12-4-2-10(19)6-17(12)22-18/h2-9,21H,1H3. The summed E-state index contributed by atoms with van der Waals surface area (Å²) in [6, 6.07) is 13.3. The van der Waals surface area contributed by atoms with Crippen molar-refractivity contribution in [1.82, 2.24) is 9.97 Å². The van der Waals surface area contributed by atoms with Crippen molar-refractivity contribution >= 4 is 45.0 Å². The van der Waals surface area contributed by atoms with Crippen LogP contribution in [0.1, 0.15) is 0 Å². The normalized spacial score (nSPS) is 11.3. The van der Waals surface area contributed by atoms with Gasteiger partial charge in [0.15, 0.2) is 0 Å². The minimum absolute atomic E-state index is 0.638. The summed E-state index contributed by atoms with van der Waals surface area (Å²) in [4.78, 5) is 7.97. The van der Waals surface area contributed by atoms with E-state index in [1.54, 1.807) is 7.11 Å². The van der Waals surface area contributed by atoms with Crippen LogP contribution in [0.25, 0.3) is 33.1 Å². The van der Waals surface area contributed by atoms with Gasteiger partial charge in [0.05, 0.1) is 23.3 Å². The van der Waals surface area contributed by atoms with E-state index >= 15 is 0 Å². The molecule has 0 unspecified atom stereocenters. The van der Waals surface area contributed by atoms with Crippen LogP contribution in [0.2, 0.25) is 10.0 Å². The highest BCUT2D eigenvalue weighted by molar-refractivity contribution is 6.36. The second kappa shape index (κ2) is 5.44. The topological polar surface area (TPSA) is 37.9 Å². The molecule has 0 saturated heterocycles. The Morgan fingerprint density at radius 1 is 1.00 bits per heavy atom. The zero-order valence-electron chi connectivity index (χ0n) is 12.2. The van der Waals surface area contributed by atoms with E-state index in [2.05, 4.69) is 4.98 Å². The lowest BCUT2D eigenvalue weighted by Crippen LogP contribution is -1.87. The summed E-state index contributed by atoms with van der Waals surface area (Å²) >= 11 is 12.5. The summed E-state index contributed by atoms with van der Waals surface area (Å²) in [5.41, 5.74) is 3.56. The maximum atomic E-state index is 6.42. The molecule has 0 aliphatic carbocycles. The average Bonchev–Trinajstić information content (AvgIpc) is 2.97. The maximum Gasteiger partial charge on any atom is 0.119 e. The number of aromatic nitrogens is 2. The zero-order valence-corrected chi connectivity index (χ0v) is 13.7. The van der Waals surface area contributed by atoms with Crippen LogP contribution < -0.4 is 4.74 Å². The van der Waals surface area contributed by atoms with Crippen LogP contribution in [0, 0.1) is 0 Å². The van der Waals surface area contributed by atoms with Gasteiger partial charge in [0.1, 0.15) is 5.75 Å². The number of nitrogens with zero attached hydrogens (tertiary/aromatic N) is 1. The SMILES string of the molecule is COc1ccc2[nH]cc(-c3cc(Cl)c4ccc(Cl)cc4n3)c2c1. The third-order valence-corrected chi connectivity index (χ3v) is 4.43. The predicted molar refractivity (Wildman–Crippen MR) is 95.6 cm³/mol. The molecule has 0 atom stereocenters. The third kappa shape index (κ3) is 2.42. The van der Waals surface area contributed by atoms with Gasteiger partial charge in [-0.2, -0.15) is 0 Å². The van der Waals surface area contributed by atoms with Gasteiger partial charge in [-0.05, 0) is 42.5 Å². The molecule has 0 radical (unpaired) electrons. The van der Waals surface area contributed by atoms with Gasteiger partial charge < -0.3 is 9.72 Å². The Kier molecular flexibility index (Phi) is 3.40. The number of aromatic amines is 1. The van der Waals surface area contributed by atoms with Crippen LogP contribution in [-0.2, 0) is 0 Å². The second-order valence-electron chi connectivity index (χ2n) is 5.26. The van der Waals surface area contributed by atoms with Gasteiger partial charge in [-0.3, -0.25) is 0 Å². The fraction of sp³-hybridized carbons (Fsp3) is 0.0556. The molecule has 0 aliphatic rings. The molecule has 1 N–H and O–H groups in total. The van der Waals surface area contributed by atoms with E-state index < -0.39 is 0 Å². The molecule has 0 spiro atoms. The molecule has 0 aliphatic heterocycles. The Bertz CT molecular complexity index is 1040. The highest BCUT2D eigenvalue weighted by Gasteiger charge is 2.11. The number of H-pyrrole nitrogens is 1. The van der Waals surface area contributed by atoms with Gasteiger partial charge in [0, 0.05) is 33.1 Å². The van der Waals surface area contributed by atoms with Gasteiger partial charge >= 0.3 is 0 Å². The lowest BCUT2D eigenvalue weighted by Gasteiger charge is -2.06. The minimum atomic E-state index is 0.638. The molecule has 114 valence electrons. The van der Waals surface area contributed by atoms with Gasteiger partial charge in [-0.25, -0.2) is 4.98 Å². The number of hydrogen-bond donors (Lipinski definition) is 1. The molecular weight excluding hydrogens is 331 g/mol. The van der Waals surface area contributed by atoms with E-state index in [4.69, 9.17) is 32.9 Å². The molecule has 0 amide bonds. The van der Waals surface area contributed by atoms with Crippen molar-refractivity contribution in [3.05, 3.63) is 58.7 Å². The first kappa shape index (κ1) is 14.4. The fourth-order valence-electron chi connectivity index (χ4n) is 2.74. The van der Waals surface area contributed by atoms with E-state index in [0.717, 1.165) is 38.8 Å². The predicted octanol–water partition coefficient (Wildman–Crippen LogP) is 5.70. The number of pyridine rings is 1. The smallest absolute Gasteiger partial charge is 0.119 e. The number of benzene rings is 2. The number of fused-ring (bicyclic) bond motifs is 2. The van der Waals surface area contributed by atoms with Crippen LogP contribution in [0.3, 0.4) is 0 Å².